The van der Waals surface area contributed by atoms with Gasteiger partial charge in [0.15, 0.2) is 0 Å². The van der Waals surface area contributed by atoms with Crippen molar-refractivity contribution in [3.8, 4) is 5.69 Å². The maximum Gasteiger partial charge on any atom is 0.323 e. The lowest BCUT2D eigenvalue weighted by Crippen LogP contribution is -2.46. The SMILES string of the molecule is C[C@@](N)(Cc1ccc(-n2ccc3ccccc32)cc1)C(=O)O.O. The Kier molecular flexibility index (Phi) is 4.54. The second-order valence-electron chi connectivity index (χ2n) is 5.81. The molecule has 0 unspecified atom stereocenters. The van der Waals surface area contributed by atoms with E-state index in [0.29, 0.717) is 6.42 Å². The molecule has 23 heavy (non-hydrogen) atoms. The van der Waals surface area contributed by atoms with Crippen molar-refractivity contribution in [3.05, 3.63) is 66.4 Å². The second-order valence-corrected chi connectivity index (χ2v) is 5.81. The molecule has 3 aromatic rings. The summed E-state index contributed by atoms with van der Waals surface area (Å²) in [5.41, 5.74) is 7.64. The van der Waals surface area contributed by atoms with Crippen LogP contribution in [0, 0.1) is 0 Å². The monoisotopic (exact) mass is 312 g/mol. The van der Waals surface area contributed by atoms with Crippen molar-refractivity contribution in [1.29, 1.82) is 0 Å². The van der Waals surface area contributed by atoms with Gasteiger partial charge < -0.3 is 20.9 Å². The number of carbonyl (C=O) groups is 1. The first-order chi connectivity index (χ1) is 10.5. The predicted octanol–water partition coefficient (Wildman–Crippen LogP) is 2.15. The van der Waals surface area contributed by atoms with Gasteiger partial charge in [-0.05, 0) is 42.1 Å². The number of aliphatic carboxylic acids is 1. The summed E-state index contributed by atoms with van der Waals surface area (Å²) >= 11 is 0. The molecule has 0 saturated carbocycles. The number of nitrogens with two attached hydrogens (primary N) is 1. The number of carboxylic acids is 1. The zero-order chi connectivity index (χ0) is 15.7. The van der Waals surface area contributed by atoms with E-state index in [0.717, 1.165) is 16.8 Å². The molecule has 1 atom stereocenters. The first-order valence-corrected chi connectivity index (χ1v) is 7.15. The molecule has 2 aromatic carbocycles. The molecule has 5 N–H and O–H groups in total. The van der Waals surface area contributed by atoms with Crippen molar-refractivity contribution in [2.75, 3.05) is 0 Å². The fourth-order valence-corrected chi connectivity index (χ4v) is 2.58. The van der Waals surface area contributed by atoms with E-state index in [9.17, 15) is 4.79 Å². The van der Waals surface area contributed by atoms with Gasteiger partial charge in [-0.25, -0.2) is 0 Å². The molecule has 0 aliphatic heterocycles. The number of para-hydroxylation sites is 1. The number of hydrogen-bond donors (Lipinski definition) is 2. The average Bonchev–Trinajstić information content (AvgIpc) is 2.91. The highest BCUT2D eigenvalue weighted by molar-refractivity contribution is 5.82. The molecule has 3 rings (SSSR count). The van der Waals surface area contributed by atoms with E-state index in [2.05, 4.69) is 22.8 Å². The van der Waals surface area contributed by atoms with Crippen molar-refractivity contribution in [3.63, 3.8) is 0 Å². The zero-order valence-electron chi connectivity index (χ0n) is 12.9. The summed E-state index contributed by atoms with van der Waals surface area (Å²) < 4.78 is 2.11. The maximum atomic E-state index is 11.1. The van der Waals surface area contributed by atoms with Gasteiger partial charge in [-0.3, -0.25) is 4.79 Å². The van der Waals surface area contributed by atoms with E-state index < -0.39 is 11.5 Å². The van der Waals surface area contributed by atoms with E-state index >= 15 is 0 Å². The van der Waals surface area contributed by atoms with Crippen LogP contribution in [-0.4, -0.2) is 26.7 Å². The van der Waals surface area contributed by atoms with Crippen LogP contribution < -0.4 is 5.73 Å². The lowest BCUT2D eigenvalue weighted by Gasteiger charge is -2.19. The first-order valence-electron chi connectivity index (χ1n) is 7.15. The molecule has 120 valence electrons. The highest BCUT2D eigenvalue weighted by Gasteiger charge is 2.27. The molecule has 1 heterocycles. The summed E-state index contributed by atoms with van der Waals surface area (Å²) in [7, 11) is 0. The maximum absolute atomic E-state index is 11.1. The van der Waals surface area contributed by atoms with Crippen LogP contribution in [0.3, 0.4) is 0 Å². The third-order valence-corrected chi connectivity index (χ3v) is 3.87. The van der Waals surface area contributed by atoms with Gasteiger partial charge in [0.2, 0.25) is 0 Å². The quantitative estimate of drug-likeness (QED) is 0.772. The van der Waals surface area contributed by atoms with E-state index in [1.165, 1.54) is 12.3 Å². The summed E-state index contributed by atoms with van der Waals surface area (Å²) in [6.45, 7) is 1.53. The number of benzene rings is 2. The number of hydrogen-bond acceptors (Lipinski definition) is 2. The number of fused-ring (bicyclic) bond motifs is 1. The minimum absolute atomic E-state index is 0. The molecular weight excluding hydrogens is 292 g/mol. The number of rotatable bonds is 4. The number of carboxylic acid groups (broad SMARTS) is 1. The van der Waals surface area contributed by atoms with E-state index in [4.69, 9.17) is 10.8 Å². The number of nitrogens with zero attached hydrogens (tertiary/aromatic N) is 1. The Bertz CT molecular complexity index is 820. The summed E-state index contributed by atoms with van der Waals surface area (Å²) in [6.07, 6.45) is 2.33. The summed E-state index contributed by atoms with van der Waals surface area (Å²) in [5, 5.41) is 10.3. The summed E-state index contributed by atoms with van der Waals surface area (Å²) in [6, 6.07) is 18.1. The molecule has 0 spiro atoms. The minimum Gasteiger partial charge on any atom is -0.480 e. The van der Waals surface area contributed by atoms with Crippen molar-refractivity contribution in [1.82, 2.24) is 4.57 Å². The molecule has 0 radical (unpaired) electrons. The van der Waals surface area contributed by atoms with Gasteiger partial charge in [-0.15, -0.1) is 0 Å². The highest BCUT2D eigenvalue weighted by Crippen LogP contribution is 2.21. The van der Waals surface area contributed by atoms with Crippen LogP contribution in [0.5, 0.6) is 0 Å². The molecule has 5 heteroatoms. The van der Waals surface area contributed by atoms with Crippen LogP contribution in [0.4, 0.5) is 0 Å². The highest BCUT2D eigenvalue weighted by atomic mass is 16.4. The van der Waals surface area contributed by atoms with Crippen LogP contribution in [-0.2, 0) is 11.2 Å². The van der Waals surface area contributed by atoms with Crippen LogP contribution >= 0.6 is 0 Å². The van der Waals surface area contributed by atoms with Gasteiger partial charge in [-0.2, -0.15) is 0 Å². The topological polar surface area (TPSA) is 99.8 Å². The average molecular weight is 312 g/mol. The van der Waals surface area contributed by atoms with Gasteiger partial charge in [-0.1, -0.05) is 30.3 Å². The normalized spacial score (nSPS) is 13.3. The van der Waals surface area contributed by atoms with Crippen LogP contribution in [0.2, 0.25) is 0 Å². The standard InChI is InChI=1S/C18H18N2O2.H2O/c1-18(19,17(21)22)12-13-6-8-15(9-7-13)20-11-10-14-4-2-3-5-16(14)20;/h2-11H,12,19H2,1H3,(H,21,22);1H2/t18-;/m1./s1. The minimum atomic E-state index is -1.25. The second kappa shape index (κ2) is 6.24. The fraction of sp³-hybridized carbons (Fsp3) is 0.167. The Hall–Kier alpha value is -2.63. The predicted molar refractivity (Wildman–Crippen MR) is 90.8 cm³/mol. The van der Waals surface area contributed by atoms with Crippen molar-refractivity contribution in [2.24, 2.45) is 5.73 Å². The zero-order valence-corrected chi connectivity index (χ0v) is 12.9. The molecule has 0 fully saturated rings. The fourth-order valence-electron chi connectivity index (χ4n) is 2.58. The lowest BCUT2D eigenvalue weighted by atomic mass is 9.94. The van der Waals surface area contributed by atoms with Crippen molar-refractivity contribution >= 4 is 16.9 Å². The Balaban J connectivity index is 0.00000192. The van der Waals surface area contributed by atoms with Gasteiger partial charge in [0.05, 0.1) is 5.52 Å². The van der Waals surface area contributed by atoms with Gasteiger partial charge in [0, 0.05) is 18.3 Å². The van der Waals surface area contributed by atoms with Crippen LogP contribution in [0.15, 0.2) is 60.8 Å². The molecule has 0 aliphatic rings. The summed E-state index contributed by atoms with van der Waals surface area (Å²) in [5.74, 6) is -0.993. The Morgan fingerprint density at radius 2 is 1.78 bits per heavy atom. The van der Waals surface area contributed by atoms with Gasteiger partial charge in [0.1, 0.15) is 5.54 Å². The molecule has 5 nitrogen and oxygen atoms in total. The van der Waals surface area contributed by atoms with E-state index in [1.807, 2.05) is 42.6 Å². The van der Waals surface area contributed by atoms with Crippen LogP contribution in [0.25, 0.3) is 16.6 Å². The Morgan fingerprint density at radius 3 is 2.43 bits per heavy atom. The molecule has 0 amide bonds. The molecular formula is C18H20N2O3. The molecule has 0 aliphatic carbocycles. The third kappa shape index (κ3) is 3.26. The molecule has 1 aromatic heterocycles. The van der Waals surface area contributed by atoms with Crippen molar-refractivity contribution in [2.45, 2.75) is 18.9 Å². The number of aromatic nitrogens is 1. The van der Waals surface area contributed by atoms with Crippen LogP contribution in [0.1, 0.15) is 12.5 Å². The molecule has 0 bridgehead atoms. The van der Waals surface area contributed by atoms with Gasteiger partial charge >= 0.3 is 5.97 Å². The third-order valence-electron chi connectivity index (χ3n) is 3.87. The van der Waals surface area contributed by atoms with Gasteiger partial charge in [0.25, 0.3) is 0 Å². The largest absolute Gasteiger partial charge is 0.480 e. The first kappa shape index (κ1) is 16.7. The lowest BCUT2D eigenvalue weighted by molar-refractivity contribution is -0.142. The van der Waals surface area contributed by atoms with Crippen molar-refractivity contribution < 1.29 is 15.4 Å². The Morgan fingerprint density at radius 1 is 1.13 bits per heavy atom. The summed E-state index contributed by atoms with van der Waals surface area (Å²) in [4.78, 5) is 11.1. The smallest absolute Gasteiger partial charge is 0.323 e. The van der Waals surface area contributed by atoms with E-state index in [1.54, 1.807) is 0 Å². The Labute approximate surface area is 134 Å². The van der Waals surface area contributed by atoms with E-state index in [-0.39, 0.29) is 5.48 Å². The molecule has 0 saturated heterocycles.